The van der Waals surface area contributed by atoms with Gasteiger partial charge in [0.2, 0.25) is 16.8 Å². The largest absolute Gasteiger partial charge is 0.445 e. The zero-order valence-corrected chi connectivity index (χ0v) is 13.9. The molecule has 1 aliphatic rings. The van der Waals surface area contributed by atoms with Crippen LogP contribution in [-0.4, -0.2) is 46.5 Å². The molecule has 0 aliphatic carbocycles. The number of piperidine rings is 1. The molecule has 2 amide bonds. The zero-order valence-electron chi connectivity index (χ0n) is 13.1. The molecule has 0 atom stereocenters. The fourth-order valence-electron chi connectivity index (χ4n) is 2.40. The number of rotatable bonds is 7. The maximum Gasteiger partial charge on any atom is 0.445 e. The molecule has 24 heavy (non-hydrogen) atoms. The molecule has 6 nitrogen and oxygen atoms in total. The lowest BCUT2D eigenvalue weighted by Crippen LogP contribution is -2.36. The Hall–Kier alpha value is -1.71. The maximum absolute atomic E-state index is 12.4. The van der Waals surface area contributed by atoms with Crippen molar-refractivity contribution in [1.82, 2.24) is 20.4 Å². The van der Waals surface area contributed by atoms with Crippen LogP contribution in [0.15, 0.2) is 0 Å². The second-order valence-corrected chi connectivity index (χ2v) is 6.60. The van der Waals surface area contributed by atoms with E-state index >= 15 is 0 Å². The lowest BCUT2D eigenvalue weighted by molar-refractivity contribution is -0.138. The molecular formula is C14H19F3N4O2S. The Balaban J connectivity index is 1.61. The van der Waals surface area contributed by atoms with Crippen LogP contribution in [0.4, 0.5) is 13.2 Å². The molecule has 0 aromatic carbocycles. The average molecular weight is 364 g/mol. The summed E-state index contributed by atoms with van der Waals surface area (Å²) >= 11 is 0.486. The summed E-state index contributed by atoms with van der Waals surface area (Å²) in [5, 5.41) is 8.46. The van der Waals surface area contributed by atoms with Gasteiger partial charge in [-0.15, -0.1) is 10.2 Å². The van der Waals surface area contributed by atoms with Crippen molar-refractivity contribution >= 4 is 23.2 Å². The van der Waals surface area contributed by atoms with Crippen LogP contribution in [0.25, 0.3) is 0 Å². The summed E-state index contributed by atoms with van der Waals surface area (Å²) in [6.45, 7) is 1.53. The summed E-state index contributed by atoms with van der Waals surface area (Å²) in [7, 11) is 0. The fourth-order valence-corrected chi connectivity index (χ4v) is 3.10. The highest BCUT2D eigenvalue weighted by molar-refractivity contribution is 7.11. The van der Waals surface area contributed by atoms with E-state index in [1.54, 1.807) is 4.90 Å². The van der Waals surface area contributed by atoms with Crippen LogP contribution in [-0.2, 0) is 22.2 Å². The molecule has 1 aromatic heterocycles. The summed E-state index contributed by atoms with van der Waals surface area (Å²) < 4.78 is 37.1. The quantitative estimate of drug-likeness (QED) is 0.803. The Morgan fingerprint density at radius 2 is 2.08 bits per heavy atom. The van der Waals surface area contributed by atoms with Gasteiger partial charge in [-0.1, -0.05) is 11.3 Å². The summed E-state index contributed by atoms with van der Waals surface area (Å²) in [5.74, 6) is -0.0431. The van der Waals surface area contributed by atoms with E-state index in [4.69, 9.17) is 0 Å². The Labute approximate surface area is 141 Å². The molecule has 1 aromatic rings. The third kappa shape index (κ3) is 5.73. The van der Waals surface area contributed by atoms with Gasteiger partial charge in [-0.3, -0.25) is 9.59 Å². The van der Waals surface area contributed by atoms with Crippen molar-refractivity contribution in [3.05, 3.63) is 10.0 Å². The van der Waals surface area contributed by atoms with E-state index in [0.29, 0.717) is 30.7 Å². The van der Waals surface area contributed by atoms with Crippen molar-refractivity contribution < 1.29 is 22.8 Å². The number of likely N-dealkylation sites (tertiary alicyclic amines) is 1. The van der Waals surface area contributed by atoms with Crippen molar-refractivity contribution in [3.63, 3.8) is 0 Å². The van der Waals surface area contributed by atoms with E-state index in [0.717, 1.165) is 19.4 Å². The molecule has 1 saturated heterocycles. The first-order valence-electron chi connectivity index (χ1n) is 7.80. The third-order valence-electron chi connectivity index (χ3n) is 3.62. The Morgan fingerprint density at radius 1 is 1.29 bits per heavy atom. The van der Waals surface area contributed by atoms with Gasteiger partial charge in [0.05, 0.1) is 0 Å². The molecule has 1 fully saturated rings. The van der Waals surface area contributed by atoms with Crippen LogP contribution >= 0.6 is 11.3 Å². The Morgan fingerprint density at radius 3 is 2.75 bits per heavy atom. The van der Waals surface area contributed by atoms with E-state index in [-0.39, 0.29) is 36.2 Å². The van der Waals surface area contributed by atoms with Crippen molar-refractivity contribution in [2.45, 2.75) is 44.7 Å². The molecule has 0 unspecified atom stereocenters. The second-order valence-electron chi connectivity index (χ2n) is 5.54. The number of aromatic nitrogens is 2. The Bertz CT molecular complexity index is 577. The summed E-state index contributed by atoms with van der Waals surface area (Å²) in [6.07, 6.45) is -0.900. The Kier molecular flexibility index (Phi) is 6.52. The molecule has 0 saturated carbocycles. The standard InChI is InChI=1S/C14H19F3N4O2S/c15-14(16,17)13-20-19-11(24-13)6-7-18-10(22)4-3-9-21-8-2-1-5-12(21)23/h1-9H2,(H,18,22). The number of nitrogens with one attached hydrogen (secondary N) is 1. The molecule has 1 N–H and O–H groups in total. The second kappa shape index (κ2) is 8.41. The number of nitrogens with zero attached hydrogens (tertiary/aromatic N) is 3. The van der Waals surface area contributed by atoms with Gasteiger partial charge in [-0.05, 0) is 19.3 Å². The fraction of sp³-hybridized carbons (Fsp3) is 0.714. The van der Waals surface area contributed by atoms with Crippen molar-refractivity contribution in [2.75, 3.05) is 19.6 Å². The first-order valence-corrected chi connectivity index (χ1v) is 8.62. The summed E-state index contributed by atoms with van der Waals surface area (Å²) in [4.78, 5) is 25.1. The predicted octanol–water partition coefficient (Wildman–Crippen LogP) is 2.01. The van der Waals surface area contributed by atoms with Gasteiger partial charge in [-0.2, -0.15) is 13.2 Å². The highest BCUT2D eigenvalue weighted by Gasteiger charge is 2.35. The summed E-state index contributed by atoms with van der Waals surface area (Å²) in [5.41, 5.74) is 0. The number of halogens is 3. The van der Waals surface area contributed by atoms with Gasteiger partial charge in [0.15, 0.2) is 0 Å². The molecule has 0 bridgehead atoms. The lowest BCUT2D eigenvalue weighted by Gasteiger charge is -2.26. The van der Waals surface area contributed by atoms with Crippen LogP contribution in [0.5, 0.6) is 0 Å². The zero-order chi connectivity index (χ0) is 17.6. The molecule has 10 heteroatoms. The minimum Gasteiger partial charge on any atom is -0.356 e. The van der Waals surface area contributed by atoms with Crippen LogP contribution in [0.2, 0.25) is 0 Å². The van der Waals surface area contributed by atoms with Crippen LogP contribution in [0, 0.1) is 0 Å². The highest BCUT2D eigenvalue weighted by Crippen LogP contribution is 2.31. The first kappa shape index (κ1) is 18.6. The smallest absolute Gasteiger partial charge is 0.356 e. The van der Waals surface area contributed by atoms with E-state index < -0.39 is 11.2 Å². The number of hydrogen-bond donors (Lipinski definition) is 1. The minimum atomic E-state index is -4.48. The molecular weight excluding hydrogens is 345 g/mol. The monoisotopic (exact) mass is 364 g/mol. The number of carbonyl (C=O) groups excluding carboxylic acids is 2. The van der Waals surface area contributed by atoms with E-state index in [2.05, 4.69) is 15.5 Å². The van der Waals surface area contributed by atoms with Crippen molar-refractivity contribution in [1.29, 1.82) is 0 Å². The SMILES string of the molecule is O=C(CCCN1CCCCC1=O)NCCc1nnc(C(F)(F)F)s1. The number of hydrogen-bond acceptors (Lipinski definition) is 5. The average Bonchev–Trinajstić information content (AvgIpc) is 2.98. The van der Waals surface area contributed by atoms with Crippen molar-refractivity contribution in [2.24, 2.45) is 0 Å². The van der Waals surface area contributed by atoms with Gasteiger partial charge < -0.3 is 10.2 Å². The maximum atomic E-state index is 12.4. The topological polar surface area (TPSA) is 75.2 Å². The molecule has 1 aliphatic heterocycles. The molecule has 0 radical (unpaired) electrons. The highest BCUT2D eigenvalue weighted by atomic mass is 32.1. The predicted molar refractivity (Wildman–Crippen MR) is 81.3 cm³/mol. The van der Waals surface area contributed by atoms with E-state index in [1.165, 1.54) is 0 Å². The van der Waals surface area contributed by atoms with Crippen molar-refractivity contribution in [3.8, 4) is 0 Å². The van der Waals surface area contributed by atoms with Gasteiger partial charge in [0.25, 0.3) is 0 Å². The third-order valence-corrected chi connectivity index (χ3v) is 4.65. The van der Waals surface area contributed by atoms with Gasteiger partial charge >= 0.3 is 6.18 Å². The normalized spacial score (nSPS) is 15.6. The molecule has 0 spiro atoms. The van der Waals surface area contributed by atoms with E-state index in [9.17, 15) is 22.8 Å². The lowest BCUT2D eigenvalue weighted by atomic mass is 10.1. The van der Waals surface area contributed by atoms with Crippen LogP contribution < -0.4 is 5.32 Å². The molecule has 2 rings (SSSR count). The number of alkyl halides is 3. The number of carbonyl (C=O) groups is 2. The summed E-state index contributed by atoms with van der Waals surface area (Å²) in [6, 6.07) is 0. The molecule has 134 valence electrons. The molecule has 2 heterocycles. The minimum absolute atomic E-state index is 0.137. The van der Waals surface area contributed by atoms with Gasteiger partial charge in [0, 0.05) is 38.9 Å². The number of amides is 2. The van der Waals surface area contributed by atoms with Crippen LogP contribution in [0.3, 0.4) is 0 Å². The first-order chi connectivity index (χ1) is 11.4. The van der Waals surface area contributed by atoms with Gasteiger partial charge in [-0.25, -0.2) is 0 Å². The van der Waals surface area contributed by atoms with E-state index in [1.807, 2.05) is 0 Å². The van der Waals surface area contributed by atoms with Crippen LogP contribution in [0.1, 0.15) is 42.1 Å². The van der Waals surface area contributed by atoms with Gasteiger partial charge in [0.1, 0.15) is 5.01 Å².